The molecule has 0 radical (unpaired) electrons. The van der Waals surface area contributed by atoms with Crippen molar-refractivity contribution in [3.8, 4) is 0 Å². The van der Waals surface area contributed by atoms with Crippen molar-refractivity contribution in [1.82, 2.24) is 4.90 Å². The van der Waals surface area contributed by atoms with Crippen LogP contribution in [0.5, 0.6) is 0 Å². The van der Waals surface area contributed by atoms with Gasteiger partial charge in [0.05, 0.1) is 19.7 Å². The molecule has 0 aromatic carbocycles. The molecule has 0 aromatic heterocycles. The molecule has 0 aromatic rings. The molecule has 0 bridgehead atoms. The molecule has 14 heavy (non-hydrogen) atoms. The molecule has 0 atom stereocenters. The van der Waals surface area contributed by atoms with E-state index in [1.54, 1.807) is 11.9 Å². The molecule has 0 amide bonds. The molecule has 0 unspecified atom stereocenters. The SMILES string of the molecule is C=CC(=O)CN(C)CC(=O)OCCC. The maximum absolute atomic E-state index is 11.1. The summed E-state index contributed by atoms with van der Waals surface area (Å²) in [6.45, 7) is 6.05. The van der Waals surface area contributed by atoms with Crippen LogP contribution in [0.1, 0.15) is 13.3 Å². The van der Waals surface area contributed by atoms with Gasteiger partial charge >= 0.3 is 5.97 Å². The van der Waals surface area contributed by atoms with Crippen LogP contribution in [-0.2, 0) is 14.3 Å². The van der Waals surface area contributed by atoms with Crippen LogP contribution in [0.25, 0.3) is 0 Å². The van der Waals surface area contributed by atoms with Gasteiger partial charge in [0.25, 0.3) is 0 Å². The standard InChI is InChI=1S/C10H17NO3/c1-4-6-14-10(13)8-11(3)7-9(12)5-2/h5H,2,4,6-8H2,1,3H3. The molecule has 0 saturated carbocycles. The zero-order chi connectivity index (χ0) is 11.0. The zero-order valence-electron chi connectivity index (χ0n) is 8.78. The zero-order valence-corrected chi connectivity index (χ0v) is 8.78. The summed E-state index contributed by atoms with van der Waals surface area (Å²) in [5.74, 6) is -0.401. The molecule has 0 aliphatic heterocycles. The predicted molar refractivity (Wildman–Crippen MR) is 54.0 cm³/mol. The van der Waals surface area contributed by atoms with Crippen molar-refractivity contribution >= 4 is 11.8 Å². The third kappa shape index (κ3) is 6.37. The fourth-order valence-electron chi connectivity index (χ4n) is 0.868. The Morgan fingerprint density at radius 3 is 2.57 bits per heavy atom. The van der Waals surface area contributed by atoms with E-state index < -0.39 is 0 Å². The normalized spacial score (nSPS) is 9.93. The number of ether oxygens (including phenoxy) is 1. The second-order valence-electron chi connectivity index (χ2n) is 3.06. The molecule has 4 heteroatoms. The number of carbonyl (C=O) groups is 2. The van der Waals surface area contributed by atoms with Gasteiger partial charge in [0, 0.05) is 0 Å². The van der Waals surface area contributed by atoms with Gasteiger partial charge in [0.15, 0.2) is 5.78 Å². The Morgan fingerprint density at radius 1 is 1.43 bits per heavy atom. The summed E-state index contributed by atoms with van der Waals surface area (Å²) in [5, 5.41) is 0. The number of hydrogen-bond acceptors (Lipinski definition) is 4. The summed E-state index contributed by atoms with van der Waals surface area (Å²) in [6, 6.07) is 0. The van der Waals surface area contributed by atoms with Gasteiger partial charge in [0.2, 0.25) is 0 Å². The molecule has 0 aliphatic carbocycles. The van der Waals surface area contributed by atoms with Crippen molar-refractivity contribution in [2.75, 3.05) is 26.7 Å². The first-order valence-electron chi connectivity index (χ1n) is 4.59. The second-order valence-corrected chi connectivity index (χ2v) is 3.06. The minimum Gasteiger partial charge on any atom is -0.465 e. The number of esters is 1. The van der Waals surface area contributed by atoms with E-state index in [-0.39, 0.29) is 24.8 Å². The van der Waals surface area contributed by atoms with E-state index in [1.165, 1.54) is 6.08 Å². The van der Waals surface area contributed by atoms with Gasteiger partial charge in [-0.1, -0.05) is 13.5 Å². The van der Waals surface area contributed by atoms with Crippen molar-refractivity contribution in [2.45, 2.75) is 13.3 Å². The first kappa shape index (κ1) is 12.8. The van der Waals surface area contributed by atoms with Crippen LogP contribution in [0.15, 0.2) is 12.7 Å². The highest BCUT2D eigenvalue weighted by Gasteiger charge is 2.09. The van der Waals surface area contributed by atoms with Crippen molar-refractivity contribution in [3.05, 3.63) is 12.7 Å². The Morgan fingerprint density at radius 2 is 2.07 bits per heavy atom. The highest BCUT2D eigenvalue weighted by atomic mass is 16.5. The maximum atomic E-state index is 11.1. The van der Waals surface area contributed by atoms with Crippen molar-refractivity contribution in [2.24, 2.45) is 0 Å². The molecule has 0 saturated heterocycles. The summed E-state index contributed by atoms with van der Waals surface area (Å²) in [5.41, 5.74) is 0. The lowest BCUT2D eigenvalue weighted by atomic mass is 10.3. The van der Waals surface area contributed by atoms with E-state index in [9.17, 15) is 9.59 Å². The van der Waals surface area contributed by atoms with Gasteiger partial charge < -0.3 is 4.74 Å². The van der Waals surface area contributed by atoms with Gasteiger partial charge in [-0.15, -0.1) is 0 Å². The van der Waals surface area contributed by atoms with E-state index in [0.717, 1.165) is 6.42 Å². The first-order chi connectivity index (χ1) is 6.60. The minimum atomic E-state index is -0.300. The van der Waals surface area contributed by atoms with E-state index in [1.807, 2.05) is 6.92 Å². The fourth-order valence-corrected chi connectivity index (χ4v) is 0.868. The molecular weight excluding hydrogens is 182 g/mol. The Hall–Kier alpha value is -1.16. The Bertz CT molecular complexity index is 213. The number of carbonyl (C=O) groups excluding carboxylic acids is 2. The molecule has 0 heterocycles. The molecule has 0 spiro atoms. The average Bonchev–Trinajstić information content (AvgIpc) is 2.14. The van der Waals surface area contributed by atoms with Crippen LogP contribution in [-0.4, -0.2) is 43.4 Å². The highest BCUT2D eigenvalue weighted by Crippen LogP contribution is 1.88. The summed E-state index contributed by atoms with van der Waals surface area (Å²) < 4.78 is 4.86. The molecule has 4 nitrogen and oxygen atoms in total. The number of likely N-dealkylation sites (N-methyl/N-ethyl adjacent to an activating group) is 1. The van der Waals surface area contributed by atoms with Crippen molar-refractivity contribution in [1.29, 1.82) is 0 Å². The van der Waals surface area contributed by atoms with Crippen LogP contribution < -0.4 is 0 Å². The molecule has 80 valence electrons. The molecular formula is C10H17NO3. The Balaban J connectivity index is 3.70. The molecule has 0 rings (SSSR count). The van der Waals surface area contributed by atoms with E-state index in [2.05, 4.69) is 6.58 Å². The summed E-state index contributed by atoms with van der Waals surface area (Å²) in [4.78, 5) is 23.6. The van der Waals surface area contributed by atoms with E-state index >= 15 is 0 Å². The largest absolute Gasteiger partial charge is 0.465 e. The predicted octanol–water partition coefficient (Wildman–Crippen LogP) is 0.626. The van der Waals surface area contributed by atoms with Crippen LogP contribution >= 0.6 is 0 Å². The summed E-state index contributed by atoms with van der Waals surface area (Å²) in [7, 11) is 1.69. The van der Waals surface area contributed by atoms with Crippen LogP contribution in [0, 0.1) is 0 Å². The van der Waals surface area contributed by atoms with Gasteiger partial charge in [-0.05, 0) is 19.5 Å². The quantitative estimate of drug-likeness (QED) is 0.445. The van der Waals surface area contributed by atoms with Gasteiger partial charge in [-0.25, -0.2) is 0 Å². The number of hydrogen-bond donors (Lipinski definition) is 0. The lowest BCUT2D eigenvalue weighted by Crippen LogP contribution is -2.31. The minimum absolute atomic E-state index is 0.101. The van der Waals surface area contributed by atoms with E-state index in [0.29, 0.717) is 6.61 Å². The summed E-state index contributed by atoms with van der Waals surface area (Å²) in [6.07, 6.45) is 2.05. The number of ketones is 1. The number of rotatable bonds is 7. The van der Waals surface area contributed by atoms with Gasteiger partial charge in [0.1, 0.15) is 0 Å². The van der Waals surface area contributed by atoms with Crippen molar-refractivity contribution < 1.29 is 14.3 Å². The van der Waals surface area contributed by atoms with Crippen molar-refractivity contribution in [3.63, 3.8) is 0 Å². The fraction of sp³-hybridized carbons (Fsp3) is 0.600. The van der Waals surface area contributed by atoms with Gasteiger partial charge in [-0.3, -0.25) is 14.5 Å². The Labute approximate surface area is 84.5 Å². The highest BCUT2D eigenvalue weighted by molar-refractivity contribution is 5.91. The lowest BCUT2D eigenvalue weighted by molar-refractivity contribution is -0.144. The maximum Gasteiger partial charge on any atom is 0.320 e. The third-order valence-corrected chi connectivity index (χ3v) is 1.52. The average molecular weight is 199 g/mol. The third-order valence-electron chi connectivity index (χ3n) is 1.52. The molecule has 0 fully saturated rings. The van der Waals surface area contributed by atoms with Gasteiger partial charge in [-0.2, -0.15) is 0 Å². The monoisotopic (exact) mass is 199 g/mol. The Kier molecular flexibility index (Phi) is 6.66. The van der Waals surface area contributed by atoms with E-state index in [4.69, 9.17) is 4.74 Å². The number of nitrogens with zero attached hydrogens (tertiary/aromatic N) is 1. The van der Waals surface area contributed by atoms with Crippen LogP contribution in [0.4, 0.5) is 0 Å². The topological polar surface area (TPSA) is 46.6 Å². The smallest absolute Gasteiger partial charge is 0.320 e. The first-order valence-corrected chi connectivity index (χ1v) is 4.59. The van der Waals surface area contributed by atoms with Crippen LogP contribution in [0.3, 0.4) is 0 Å². The second kappa shape index (κ2) is 7.26. The van der Waals surface area contributed by atoms with Crippen LogP contribution in [0.2, 0.25) is 0 Å². The summed E-state index contributed by atoms with van der Waals surface area (Å²) >= 11 is 0. The lowest BCUT2D eigenvalue weighted by Gasteiger charge is -2.13. The molecule has 0 aliphatic rings. The molecule has 0 N–H and O–H groups in total.